The molecular formula is C25H25NO2. The zero-order chi connectivity index (χ0) is 19.1. The van der Waals surface area contributed by atoms with Gasteiger partial charge in [-0.25, -0.2) is 0 Å². The van der Waals surface area contributed by atoms with Gasteiger partial charge in [-0.15, -0.1) is 0 Å². The molecule has 1 aliphatic heterocycles. The van der Waals surface area contributed by atoms with Crippen LogP contribution in [-0.4, -0.2) is 26.0 Å². The Hall–Kier alpha value is -2.81. The van der Waals surface area contributed by atoms with E-state index < -0.39 is 0 Å². The SMILES string of the molecule is COc1cc2c(cc1OC)C1CCCCC1N=C2c1ccc2ccccc2c1. The van der Waals surface area contributed by atoms with Crippen molar-refractivity contribution >= 4 is 16.5 Å². The van der Waals surface area contributed by atoms with E-state index in [1.165, 1.54) is 46.7 Å². The highest BCUT2D eigenvalue weighted by Crippen LogP contribution is 2.44. The number of ether oxygens (including phenoxy) is 2. The summed E-state index contributed by atoms with van der Waals surface area (Å²) in [5.41, 5.74) is 4.82. The molecule has 1 saturated carbocycles. The van der Waals surface area contributed by atoms with Crippen molar-refractivity contribution in [1.29, 1.82) is 0 Å². The van der Waals surface area contributed by atoms with Crippen LogP contribution in [0.2, 0.25) is 0 Å². The van der Waals surface area contributed by atoms with E-state index in [9.17, 15) is 0 Å². The summed E-state index contributed by atoms with van der Waals surface area (Å²) in [6, 6.07) is 19.8. The Morgan fingerprint density at radius 1 is 0.821 bits per heavy atom. The van der Waals surface area contributed by atoms with E-state index in [-0.39, 0.29) is 0 Å². The van der Waals surface area contributed by atoms with E-state index in [4.69, 9.17) is 14.5 Å². The molecule has 3 aromatic carbocycles. The highest BCUT2D eigenvalue weighted by Gasteiger charge is 2.34. The maximum Gasteiger partial charge on any atom is 0.161 e. The molecule has 0 saturated heterocycles. The summed E-state index contributed by atoms with van der Waals surface area (Å²) in [7, 11) is 3.41. The normalized spacial score (nSPS) is 20.9. The second-order valence-corrected chi connectivity index (χ2v) is 7.79. The van der Waals surface area contributed by atoms with Gasteiger partial charge >= 0.3 is 0 Å². The molecule has 5 rings (SSSR count). The topological polar surface area (TPSA) is 30.8 Å². The summed E-state index contributed by atoms with van der Waals surface area (Å²) in [6.07, 6.45) is 4.89. The average molecular weight is 371 g/mol. The Morgan fingerprint density at radius 2 is 1.57 bits per heavy atom. The van der Waals surface area contributed by atoms with Gasteiger partial charge in [0.25, 0.3) is 0 Å². The van der Waals surface area contributed by atoms with Crippen LogP contribution in [0.4, 0.5) is 0 Å². The summed E-state index contributed by atoms with van der Waals surface area (Å²) < 4.78 is 11.2. The van der Waals surface area contributed by atoms with Crippen molar-refractivity contribution in [2.24, 2.45) is 4.99 Å². The summed E-state index contributed by atoms with van der Waals surface area (Å²) in [5, 5.41) is 2.50. The number of nitrogens with zero attached hydrogens (tertiary/aromatic N) is 1. The first-order valence-electron chi connectivity index (χ1n) is 10.1. The summed E-state index contributed by atoms with van der Waals surface area (Å²) in [6.45, 7) is 0. The van der Waals surface area contributed by atoms with Crippen LogP contribution in [-0.2, 0) is 0 Å². The first-order valence-corrected chi connectivity index (χ1v) is 10.1. The lowest BCUT2D eigenvalue weighted by molar-refractivity contribution is 0.349. The molecule has 142 valence electrons. The van der Waals surface area contributed by atoms with Crippen LogP contribution in [0, 0.1) is 0 Å². The van der Waals surface area contributed by atoms with Crippen molar-refractivity contribution in [2.45, 2.75) is 37.6 Å². The summed E-state index contributed by atoms with van der Waals surface area (Å²) in [5.74, 6) is 2.06. The third kappa shape index (κ3) is 2.77. The molecule has 28 heavy (non-hydrogen) atoms. The number of hydrogen-bond donors (Lipinski definition) is 0. The van der Waals surface area contributed by atoms with Crippen LogP contribution >= 0.6 is 0 Å². The Kier molecular flexibility index (Phi) is 4.31. The number of methoxy groups -OCH3 is 2. The molecule has 2 atom stereocenters. The van der Waals surface area contributed by atoms with Crippen LogP contribution < -0.4 is 9.47 Å². The minimum Gasteiger partial charge on any atom is -0.493 e. The molecule has 3 nitrogen and oxygen atoms in total. The van der Waals surface area contributed by atoms with Crippen molar-refractivity contribution in [3.63, 3.8) is 0 Å². The third-order valence-corrected chi connectivity index (χ3v) is 6.26. The second kappa shape index (κ2) is 6.97. The number of hydrogen-bond acceptors (Lipinski definition) is 3. The van der Waals surface area contributed by atoms with Crippen molar-refractivity contribution in [2.75, 3.05) is 14.2 Å². The fourth-order valence-corrected chi connectivity index (χ4v) is 4.84. The first-order chi connectivity index (χ1) is 13.8. The largest absolute Gasteiger partial charge is 0.493 e. The van der Waals surface area contributed by atoms with Gasteiger partial charge in [0.15, 0.2) is 11.5 Å². The Bertz CT molecular complexity index is 1070. The molecule has 0 amide bonds. The van der Waals surface area contributed by atoms with E-state index in [0.717, 1.165) is 23.6 Å². The predicted octanol–water partition coefficient (Wildman–Crippen LogP) is 5.73. The molecular weight excluding hydrogens is 346 g/mol. The van der Waals surface area contributed by atoms with Crippen molar-refractivity contribution in [3.8, 4) is 11.5 Å². The Morgan fingerprint density at radius 3 is 2.39 bits per heavy atom. The fraction of sp³-hybridized carbons (Fsp3) is 0.320. The van der Waals surface area contributed by atoms with Crippen LogP contribution in [0.25, 0.3) is 10.8 Å². The number of fused-ring (bicyclic) bond motifs is 4. The van der Waals surface area contributed by atoms with Crippen LogP contribution in [0.1, 0.15) is 48.3 Å². The Labute approximate surface area is 166 Å². The average Bonchev–Trinajstić information content (AvgIpc) is 2.77. The van der Waals surface area contributed by atoms with Gasteiger partial charge in [-0.1, -0.05) is 49.2 Å². The maximum atomic E-state index is 5.62. The van der Waals surface area contributed by atoms with Gasteiger partial charge in [0.05, 0.1) is 26.0 Å². The van der Waals surface area contributed by atoms with Crippen molar-refractivity contribution in [1.82, 2.24) is 0 Å². The molecule has 0 radical (unpaired) electrons. The van der Waals surface area contributed by atoms with E-state index in [2.05, 4.69) is 54.6 Å². The summed E-state index contributed by atoms with van der Waals surface area (Å²) >= 11 is 0. The number of benzene rings is 3. The number of rotatable bonds is 3. The number of aliphatic imine (C=N–C) groups is 1. The van der Waals surface area contributed by atoms with E-state index >= 15 is 0 Å². The first kappa shape index (κ1) is 17.3. The lowest BCUT2D eigenvalue weighted by atomic mass is 9.75. The highest BCUT2D eigenvalue weighted by molar-refractivity contribution is 6.16. The molecule has 3 heteroatoms. The molecule has 2 unspecified atom stereocenters. The monoisotopic (exact) mass is 371 g/mol. The van der Waals surface area contributed by atoms with E-state index in [0.29, 0.717) is 12.0 Å². The van der Waals surface area contributed by atoms with Gasteiger partial charge in [-0.2, -0.15) is 0 Å². The van der Waals surface area contributed by atoms with E-state index in [1.807, 2.05) is 0 Å². The zero-order valence-corrected chi connectivity index (χ0v) is 16.4. The van der Waals surface area contributed by atoms with Gasteiger partial charge in [0.1, 0.15) is 0 Å². The van der Waals surface area contributed by atoms with Gasteiger partial charge < -0.3 is 9.47 Å². The minimum absolute atomic E-state index is 0.362. The molecule has 0 spiro atoms. The molecule has 1 aliphatic carbocycles. The Balaban J connectivity index is 1.71. The van der Waals surface area contributed by atoms with Crippen LogP contribution in [0.3, 0.4) is 0 Å². The lowest BCUT2D eigenvalue weighted by Crippen LogP contribution is -2.29. The summed E-state index contributed by atoms with van der Waals surface area (Å²) in [4.78, 5) is 5.27. The minimum atomic E-state index is 0.362. The maximum absolute atomic E-state index is 5.62. The van der Waals surface area contributed by atoms with Crippen LogP contribution in [0.5, 0.6) is 11.5 Å². The molecule has 2 aliphatic rings. The molecule has 1 heterocycles. The fourth-order valence-electron chi connectivity index (χ4n) is 4.84. The zero-order valence-electron chi connectivity index (χ0n) is 16.4. The quantitative estimate of drug-likeness (QED) is 0.588. The third-order valence-electron chi connectivity index (χ3n) is 6.26. The molecule has 0 aromatic heterocycles. The van der Waals surface area contributed by atoms with Crippen molar-refractivity contribution in [3.05, 3.63) is 71.3 Å². The van der Waals surface area contributed by atoms with Gasteiger partial charge in [-0.05, 0) is 47.4 Å². The lowest BCUT2D eigenvalue weighted by Gasteiger charge is -2.35. The molecule has 0 N–H and O–H groups in total. The van der Waals surface area contributed by atoms with Gasteiger partial charge in [0, 0.05) is 17.0 Å². The van der Waals surface area contributed by atoms with Crippen LogP contribution in [0.15, 0.2) is 59.6 Å². The molecule has 3 aromatic rings. The van der Waals surface area contributed by atoms with E-state index in [1.54, 1.807) is 14.2 Å². The van der Waals surface area contributed by atoms with Crippen molar-refractivity contribution < 1.29 is 9.47 Å². The standard InChI is InChI=1S/C25H25NO2/c1-27-23-14-20-19-9-5-6-10-22(19)26-25(21(20)15-24(23)28-2)18-12-11-16-7-3-4-8-17(16)13-18/h3-4,7-8,11-15,19,22H,5-6,9-10H2,1-2H3. The second-order valence-electron chi connectivity index (χ2n) is 7.79. The predicted molar refractivity (Wildman–Crippen MR) is 114 cm³/mol. The smallest absolute Gasteiger partial charge is 0.161 e. The molecule has 0 bridgehead atoms. The highest BCUT2D eigenvalue weighted by atomic mass is 16.5. The van der Waals surface area contributed by atoms with Gasteiger partial charge in [0.2, 0.25) is 0 Å². The van der Waals surface area contributed by atoms with Gasteiger partial charge in [-0.3, -0.25) is 4.99 Å². The molecule has 1 fully saturated rings.